The summed E-state index contributed by atoms with van der Waals surface area (Å²) in [6.07, 6.45) is 8.50. The summed E-state index contributed by atoms with van der Waals surface area (Å²) in [5.74, 6) is 0.162. The molecule has 0 radical (unpaired) electrons. The van der Waals surface area contributed by atoms with E-state index in [1.807, 2.05) is 0 Å². The summed E-state index contributed by atoms with van der Waals surface area (Å²) in [6, 6.07) is 0.432. The van der Waals surface area contributed by atoms with Crippen molar-refractivity contribution in [3.8, 4) is 0 Å². The van der Waals surface area contributed by atoms with Gasteiger partial charge in [0.25, 0.3) is 0 Å². The van der Waals surface area contributed by atoms with E-state index in [0.29, 0.717) is 12.6 Å². The summed E-state index contributed by atoms with van der Waals surface area (Å²) >= 11 is 0. The van der Waals surface area contributed by atoms with Crippen molar-refractivity contribution in [2.75, 3.05) is 33.7 Å². The monoisotopic (exact) mass is 255 g/mol. The van der Waals surface area contributed by atoms with E-state index >= 15 is 0 Å². The number of carbonyl (C=O) groups is 1. The molecule has 0 aliphatic heterocycles. The fraction of sp³-hybridized carbons (Fsp3) is 0.929. The van der Waals surface area contributed by atoms with Crippen molar-refractivity contribution in [2.45, 2.75) is 51.0 Å². The Morgan fingerprint density at radius 1 is 1.17 bits per heavy atom. The Hall–Kier alpha value is -0.610. The van der Waals surface area contributed by atoms with Gasteiger partial charge < -0.3 is 15.5 Å². The Kier molecular flexibility index (Phi) is 8.01. The molecule has 106 valence electrons. The molecule has 1 saturated carbocycles. The van der Waals surface area contributed by atoms with Crippen LogP contribution in [0.3, 0.4) is 0 Å². The van der Waals surface area contributed by atoms with Gasteiger partial charge in [-0.2, -0.15) is 0 Å². The van der Waals surface area contributed by atoms with Gasteiger partial charge in [-0.05, 0) is 52.9 Å². The first-order chi connectivity index (χ1) is 8.68. The van der Waals surface area contributed by atoms with E-state index in [9.17, 15) is 4.79 Å². The predicted octanol–water partition coefficient (Wildman–Crippen LogP) is 1.37. The van der Waals surface area contributed by atoms with Crippen molar-refractivity contribution in [2.24, 2.45) is 0 Å². The highest BCUT2D eigenvalue weighted by molar-refractivity contribution is 5.78. The highest BCUT2D eigenvalue weighted by Gasteiger charge is 2.14. The van der Waals surface area contributed by atoms with E-state index in [1.54, 1.807) is 0 Å². The number of unbranched alkanes of at least 4 members (excludes halogenated alkanes) is 1. The zero-order valence-electron chi connectivity index (χ0n) is 12.0. The summed E-state index contributed by atoms with van der Waals surface area (Å²) in [6.45, 7) is 2.53. The van der Waals surface area contributed by atoms with Crippen LogP contribution >= 0.6 is 0 Å². The summed E-state index contributed by atoms with van der Waals surface area (Å²) in [4.78, 5) is 13.9. The minimum Gasteiger partial charge on any atom is -0.352 e. The van der Waals surface area contributed by atoms with Crippen molar-refractivity contribution in [3.05, 3.63) is 0 Å². The third kappa shape index (κ3) is 7.67. The molecular formula is C14H29N3O. The first kappa shape index (κ1) is 15.4. The van der Waals surface area contributed by atoms with Crippen LogP contribution < -0.4 is 10.6 Å². The molecule has 1 aliphatic rings. The number of hydrogen-bond acceptors (Lipinski definition) is 3. The van der Waals surface area contributed by atoms with Crippen molar-refractivity contribution >= 4 is 5.91 Å². The molecule has 18 heavy (non-hydrogen) atoms. The van der Waals surface area contributed by atoms with Gasteiger partial charge in [0.05, 0.1) is 6.54 Å². The molecule has 2 N–H and O–H groups in total. The smallest absolute Gasteiger partial charge is 0.234 e. The summed E-state index contributed by atoms with van der Waals surface area (Å²) in [5, 5.41) is 6.34. The van der Waals surface area contributed by atoms with Gasteiger partial charge in [0, 0.05) is 6.04 Å². The Labute approximate surface area is 111 Å². The molecule has 0 bridgehead atoms. The number of rotatable bonds is 8. The zero-order chi connectivity index (χ0) is 13.2. The van der Waals surface area contributed by atoms with Crippen LogP contribution in [0, 0.1) is 0 Å². The van der Waals surface area contributed by atoms with Crippen molar-refractivity contribution in [1.29, 1.82) is 0 Å². The van der Waals surface area contributed by atoms with Crippen LogP contribution in [-0.4, -0.2) is 50.6 Å². The first-order valence-corrected chi connectivity index (χ1v) is 7.33. The Bertz CT molecular complexity index is 225. The molecule has 1 rings (SSSR count). The first-order valence-electron chi connectivity index (χ1n) is 7.33. The molecule has 0 aromatic rings. The molecule has 1 amide bonds. The van der Waals surface area contributed by atoms with Gasteiger partial charge in [0.2, 0.25) is 5.91 Å². The number of amides is 1. The fourth-order valence-corrected chi connectivity index (χ4v) is 2.41. The zero-order valence-corrected chi connectivity index (χ0v) is 12.0. The van der Waals surface area contributed by atoms with Crippen LogP contribution in [0.1, 0.15) is 44.9 Å². The number of nitrogens with zero attached hydrogens (tertiary/aromatic N) is 1. The molecule has 0 unspecified atom stereocenters. The average Bonchev–Trinajstić information content (AvgIpc) is 2.34. The molecule has 4 heteroatoms. The van der Waals surface area contributed by atoms with Gasteiger partial charge in [-0.1, -0.05) is 19.3 Å². The lowest BCUT2D eigenvalue weighted by molar-refractivity contribution is -0.121. The third-order valence-corrected chi connectivity index (χ3v) is 3.46. The second-order valence-electron chi connectivity index (χ2n) is 5.59. The molecule has 0 atom stereocenters. The molecule has 0 saturated heterocycles. The molecule has 1 aliphatic carbocycles. The lowest BCUT2D eigenvalue weighted by Gasteiger charge is -2.22. The molecule has 4 nitrogen and oxygen atoms in total. The lowest BCUT2D eigenvalue weighted by Crippen LogP contribution is -2.41. The van der Waals surface area contributed by atoms with Crippen LogP contribution in [-0.2, 0) is 4.79 Å². The minimum absolute atomic E-state index is 0.162. The van der Waals surface area contributed by atoms with Gasteiger partial charge in [0.1, 0.15) is 0 Å². The third-order valence-electron chi connectivity index (χ3n) is 3.46. The predicted molar refractivity (Wildman–Crippen MR) is 75.7 cm³/mol. The number of hydrogen-bond donors (Lipinski definition) is 2. The van der Waals surface area contributed by atoms with Gasteiger partial charge >= 0.3 is 0 Å². The maximum atomic E-state index is 11.7. The Morgan fingerprint density at radius 3 is 2.56 bits per heavy atom. The van der Waals surface area contributed by atoms with Gasteiger partial charge in [-0.3, -0.25) is 4.79 Å². The lowest BCUT2D eigenvalue weighted by atomic mass is 9.95. The molecule has 0 spiro atoms. The van der Waals surface area contributed by atoms with Crippen LogP contribution in [0.5, 0.6) is 0 Å². The van der Waals surface area contributed by atoms with E-state index in [2.05, 4.69) is 29.6 Å². The molecule has 0 heterocycles. The summed E-state index contributed by atoms with van der Waals surface area (Å²) in [5.41, 5.74) is 0. The Balaban J connectivity index is 1.93. The number of nitrogens with one attached hydrogen (secondary N) is 2. The van der Waals surface area contributed by atoms with E-state index in [-0.39, 0.29) is 5.91 Å². The Morgan fingerprint density at radius 2 is 1.89 bits per heavy atom. The second kappa shape index (κ2) is 9.34. The molecule has 1 fully saturated rings. The minimum atomic E-state index is 0.162. The maximum Gasteiger partial charge on any atom is 0.234 e. The van der Waals surface area contributed by atoms with Gasteiger partial charge in [-0.15, -0.1) is 0 Å². The highest BCUT2D eigenvalue weighted by atomic mass is 16.1. The SMILES string of the molecule is CN(C)CCCCNCC(=O)NC1CCCCC1. The summed E-state index contributed by atoms with van der Waals surface area (Å²) < 4.78 is 0. The highest BCUT2D eigenvalue weighted by Crippen LogP contribution is 2.16. The van der Waals surface area contributed by atoms with Crippen molar-refractivity contribution in [3.63, 3.8) is 0 Å². The van der Waals surface area contributed by atoms with E-state index in [1.165, 1.54) is 25.7 Å². The topological polar surface area (TPSA) is 44.4 Å². The normalized spacial score (nSPS) is 17.1. The number of carbonyl (C=O) groups excluding carboxylic acids is 1. The molecular weight excluding hydrogens is 226 g/mol. The van der Waals surface area contributed by atoms with E-state index in [0.717, 1.165) is 32.4 Å². The van der Waals surface area contributed by atoms with Crippen LogP contribution in [0.4, 0.5) is 0 Å². The standard InChI is InChI=1S/C14H29N3O/c1-17(2)11-7-6-10-15-12-14(18)16-13-8-4-3-5-9-13/h13,15H,3-12H2,1-2H3,(H,16,18). The maximum absolute atomic E-state index is 11.7. The second-order valence-corrected chi connectivity index (χ2v) is 5.59. The van der Waals surface area contributed by atoms with E-state index < -0.39 is 0 Å². The fourth-order valence-electron chi connectivity index (χ4n) is 2.41. The van der Waals surface area contributed by atoms with Crippen LogP contribution in [0.2, 0.25) is 0 Å². The van der Waals surface area contributed by atoms with Crippen LogP contribution in [0.15, 0.2) is 0 Å². The average molecular weight is 255 g/mol. The van der Waals surface area contributed by atoms with E-state index in [4.69, 9.17) is 0 Å². The molecule has 0 aromatic heterocycles. The van der Waals surface area contributed by atoms with Crippen molar-refractivity contribution in [1.82, 2.24) is 15.5 Å². The molecule has 0 aromatic carbocycles. The van der Waals surface area contributed by atoms with Crippen LogP contribution in [0.25, 0.3) is 0 Å². The van der Waals surface area contributed by atoms with Crippen molar-refractivity contribution < 1.29 is 4.79 Å². The summed E-state index contributed by atoms with van der Waals surface area (Å²) in [7, 11) is 4.18. The largest absolute Gasteiger partial charge is 0.352 e. The van der Waals surface area contributed by atoms with Gasteiger partial charge in [0.15, 0.2) is 0 Å². The quantitative estimate of drug-likeness (QED) is 0.644. The van der Waals surface area contributed by atoms with Gasteiger partial charge in [-0.25, -0.2) is 0 Å².